The van der Waals surface area contributed by atoms with Crippen molar-refractivity contribution in [2.45, 2.75) is 64.8 Å². The average Bonchev–Trinajstić information content (AvgIpc) is 3.04. The van der Waals surface area contributed by atoms with Crippen molar-refractivity contribution in [1.82, 2.24) is 14.7 Å². The van der Waals surface area contributed by atoms with Gasteiger partial charge in [-0.1, -0.05) is 51.2 Å². The Balaban J connectivity index is 1.67. The fourth-order valence-electron chi connectivity index (χ4n) is 5.32. The van der Waals surface area contributed by atoms with Crippen LogP contribution < -0.4 is 5.32 Å². The number of nitrogens with one attached hydrogen (secondary N) is 1. The number of hydrogen-bond donors (Lipinski definition) is 1. The molecule has 0 aromatic heterocycles. The Hall–Kier alpha value is -2.67. The van der Waals surface area contributed by atoms with Gasteiger partial charge >= 0.3 is 0 Å². The second-order valence-electron chi connectivity index (χ2n) is 9.38. The zero-order valence-electron chi connectivity index (χ0n) is 19.9. The number of hydrogen-bond acceptors (Lipinski definition) is 5. The van der Waals surface area contributed by atoms with E-state index in [2.05, 4.69) is 22.0 Å². The highest BCUT2D eigenvalue weighted by Gasteiger charge is 2.44. The molecule has 4 rings (SSSR count). The molecule has 7 nitrogen and oxygen atoms in total. The maximum Gasteiger partial charge on any atom is 0.278 e. The quantitative estimate of drug-likeness (QED) is 0.693. The third kappa shape index (κ3) is 5.13. The van der Waals surface area contributed by atoms with Gasteiger partial charge in [-0.3, -0.25) is 19.3 Å². The minimum absolute atomic E-state index is 0.0200. The summed E-state index contributed by atoms with van der Waals surface area (Å²) in [6.45, 7) is 7.88. The maximum atomic E-state index is 13.8. The second-order valence-corrected chi connectivity index (χ2v) is 9.38. The van der Waals surface area contributed by atoms with Gasteiger partial charge in [-0.05, 0) is 37.1 Å². The van der Waals surface area contributed by atoms with Crippen LogP contribution in [0.15, 0.2) is 30.0 Å². The van der Waals surface area contributed by atoms with Gasteiger partial charge in [0.2, 0.25) is 5.91 Å². The third-order valence-corrected chi connectivity index (χ3v) is 7.16. The fourth-order valence-corrected chi connectivity index (χ4v) is 5.32. The topological polar surface area (TPSA) is 73.0 Å². The van der Waals surface area contributed by atoms with Crippen molar-refractivity contribution in [2.24, 2.45) is 0 Å². The molecule has 1 aromatic carbocycles. The lowest BCUT2D eigenvalue weighted by atomic mass is 9.95. The predicted molar refractivity (Wildman–Crippen MR) is 129 cm³/mol. The Morgan fingerprint density at radius 1 is 0.909 bits per heavy atom. The SMILES string of the molecule is CCN1CCN(C2=C(c3ccc(NC(C)=O)cc3)C(=O)N(C3CCCCCCC3)C2=O)CC1. The smallest absolute Gasteiger partial charge is 0.278 e. The molecule has 2 fully saturated rings. The number of benzene rings is 1. The van der Waals surface area contributed by atoms with Crippen LogP contribution in [0.2, 0.25) is 0 Å². The molecule has 33 heavy (non-hydrogen) atoms. The summed E-state index contributed by atoms with van der Waals surface area (Å²) in [5, 5.41) is 2.77. The van der Waals surface area contributed by atoms with Crippen molar-refractivity contribution in [3.8, 4) is 0 Å². The summed E-state index contributed by atoms with van der Waals surface area (Å²) in [5.74, 6) is -0.429. The Labute approximate surface area is 196 Å². The number of imide groups is 1. The number of rotatable bonds is 5. The van der Waals surface area contributed by atoms with E-state index in [4.69, 9.17) is 0 Å². The maximum absolute atomic E-state index is 13.8. The largest absolute Gasteiger partial charge is 0.364 e. The summed E-state index contributed by atoms with van der Waals surface area (Å²) in [4.78, 5) is 45.0. The van der Waals surface area contributed by atoms with Gasteiger partial charge in [-0.25, -0.2) is 0 Å². The number of anilines is 1. The van der Waals surface area contributed by atoms with Gasteiger partial charge in [0.1, 0.15) is 5.70 Å². The summed E-state index contributed by atoms with van der Waals surface area (Å²) in [6, 6.07) is 7.26. The molecule has 3 amide bonds. The minimum Gasteiger partial charge on any atom is -0.364 e. The second kappa shape index (κ2) is 10.5. The van der Waals surface area contributed by atoms with E-state index >= 15 is 0 Å². The molecule has 1 aliphatic carbocycles. The molecular weight excluding hydrogens is 416 g/mol. The summed E-state index contributed by atoms with van der Waals surface area (Å²) in [5.41, 5.74) is 2.49. The lowest BCUT2D eigenvalue weighted by Crippen LogP contribution is -2.48. The van der Waals surface area contributed by atoms with Crippen LogP contribution in [0.5, 0.6) is 0 Å². The molecule has 2 heterocycles. The Morgan fingerprint density at radius 3 is 2.09 bits per heavy atom. The van der Waals surface area contributed by atoms with Gasteiger partial charge in [0.25, 0.3) is 11.8 Å². The van der Waals surface area contributed by atoms with Crippen molar-refractivity contribution < 1.29 is 14.4 Å². The summed E-state index contributed by atoms with van der Waals surface area (Å²) < 4.78 is 0. The Kier molecular flexibility index (Phi) is 7.48. The zero-order valence-corrected chi connectivity index (χ0v) is 19.9. The predicted octanol–water partition coefficient (Wildman–Crippen LogP) is 3.48. The molecule has 0 bridgehead atoms. The van der Waals surface area contributed by atoms with E-state index in [1.54, 1.807) is 17.0 Å². The van der Waals surface area contributed by atoms with Crippen molar-refractivity contribution in [1.29, 1.82) is 0 Å². The van der Waals surface area contributed by atoms with E-state index in [1.807, 2.05) is 12.1 Å². The first kappa shape index (κ1) is 23.5. The van der Waals surface area contributed by atoms with Gasteiger partial charge in [0.15, 0.2) is 0 Å². The van der Waals surface area contributed by atoms with Crippen LogP contribution in [0.4, 0.5) is 5.69 Å². The highest BCUT2D eigenvalue weighted by Crippen LogP contribution is 2.36. The van der Waals surface area contributed by atoms with Gasteiger partial charge in [0, 0.05) is 44.8 Å². The zero-order chi connectivity index (χ0) is 23.4. The molecule has 1 N–H and O–H groups in total. The van der Waals surface area contributed by atoms with Gasteiger partial charge in [-0.2, -0.15) is 0 Å². The number of nitrogens with zero attached hydrogens (tertiary/aromatic N) is 3. The number of piperazine rings is 1. The van der Waals surface area contributed by atoms with Gasteiger partial charge < -0.3 is 15.1 Å². The van der Waals surface area contributed by atoms with Crippen LogP contribution >= 0.6 is 0 Å². The van der Waals surface area contributed by atoms with Crippen LogP contribution in [0.3, 0.4) is 0 Å². The fraction of sp³-hybridized carbons (Fsp3) is 0.577. The highest BCUT2D eigenvalue weighted by molar-refractivity contribution is 6.35. The van der Waals surface area contributed by atoms with E-state index in [1.165, 1.54) is 26.2 Å². The number of amides is 3. The van der Waals surface area contributed by atoms with E-state index in [0.29, 0.717) is 17.0 Å². The molecule has 1 saturated heterocycles. The first-order chi connectivity index (χ1) is 16.0. The molecule has 178 valence electrons. The normalized spacial score (nSPS) is 21.4. The molecule has 1 aromatic rings. The van der Waals surface area contributed by atoms with Gasteiger partial charge in [0.05, 0.1) is 5.57 Å². The van der Waals surface area contributed by atoms with Crippen molar-refractivity contribution >= 4 is 29.0 Å². The molecule has 1 saturated carbocycles. The van der Waals surface area contributed by atoms with E-state index in [-0.39, 0.29) is 23.8 Å². The van der Waals surface area contributed by atoms with Crippen molar-refractivity contribution in [2.75, 3.05) is 38.0 Å². The first-order valence-electron chi connectivity index (χ1n) is 12.5. The minimum atomic E-state index is -0.161. The monoisotopic (exact) mass is 452 g/mol. The first-order valence-corrected chi connectivity index (χ1v) is 12.5. The highest BCUT2D eigenvalue weighted by atomic mass is 16.2. The lowest BCUT2D eigenvalue weighted by molar-refractivity contribution is -0.140. The van der Waals surface area contributed by atoms with Crippen LogP contribution in [0.25, 0.3) is 5.57 Å². The standard InChI is InChI=1S/C26H36N4O3/c1-3-28-15-17-29(18-16-28)24-23(20-11-13-21(14-12-20)27-19(2)31)25(32)30(26(24)33)22-9-7-5-4-6-8-10-22/h11-14,22H,3-10,15-18H2,1-2H3,(H,27,31). The molecule has 0 atom stereocenters. The average molecular weight is 453 g/mol. The van der Waals surface area contributed by atoms with Crippen LogP contribution in [0, 0.1) is 0 Å². The lowest BCUT2D eigenvalue weighted by Gasteiger charge is -2.36. The number of likely N-dealkylation sites (N-methyl/N-ethyl adjacent to an activating group) is 1. The van der Waals surface area contributed by atoms with Crippen molar-refractivity contribution in [3.63, 3.8) is 0 Å². The third-order valence-electron chi connectivity index (χ3n) is 7.16. The van der Waals surface area contributed by atoms with E-state index in [9.17, 15) is 14.4 Å². The van der Waals surface area contributed by atoms with E-state index in [0.717, 1.165) is 64.0 Å². The summed E-state index contributed by atoms with van der Waals surface area (Å²) in [6.07, 6.45) is 7.49. The summed E-state index contributed by atoms with van der Waals surface area (Å²) in [7, 11) is 0. The number of carbonyl (C=O) groups excluding carboxylic acids is 3. The van der Waals surface area contributed by atoms with E-state index < -0.39 is 0 Å². The van der Waals surface area contributed by atoms with Crippen LogP contribution in [-0.2, 0) is 14.4 Å². The van der Waals surface area contributed by atoms with Gasteiger partial charge in [-0.15, -0.1) is 0 Å². The summed E-state index contributed by atoms with van der Waals surface area (Å²) >= 11 is 0. The molecule has 0 radical (unpaired) electrons. The molecule has 0 unspecified atom stereocenters. The molecule has 2 aliphatic heterocycles. The Morgan fingerprint density at radius 2 is 1.52 bits per heavy atom. The molecule has 7 heteroatoms. The van der Waals surface area contributed by atoms with Crippen LogP contribution in [0.1, 0.15) is 64.4 Å². The molecule has 0 spiro atoms. The van der Waals surface area contributed by atoms with Crippen molar-refractivity contribution in [3.05, 3.63) is 35.5 Å². The molecular formula is C26H36N4O3. The molecule has 3 aliphatic rings. The number of carbonyl (C=O) groups is 3. The Bertz CT molecular complexity index is 908. The van der Waals surface area contributed by atoms with Crippen LogP contribution in [-0.4, -0.2) is 71.2 Å².